The van der Waals surface area contributed by atoms with Gasteiger partial charge in [-0.3, -0.25) is 10.1 Å². The quantitative estimate of drug-likeness (QED) is 0.491. The van der Waals surface area contributed by atoms with Gasteiger partial charge in [0.15, 0.2) is 5.82 Å². The standard InChI is InChI=1S/C14H9F2NO5/c1-21-14(18)8-4-2-3-5-10(8)22-11-7-6-9(15)12(16)13(11)17(19)20/h2-7H,1H3. The van der Waals surface area contributed by atoms with E-state index >= 15 is 0 Å². The average molecular weight is 309 g/mol. The third kappa shape index (κ3) is 2.85. The summed E-state index contributed by atoms with van der Waals surface area (Å²) in [5, 5.41) is 10.9. The number of hydrogen-bond donors (Lipinski definition) is 0. The van der Waals surface area contributed by atoms with Crippen LogP contribution in [-0.2, 0) is 4.74 Å². The molecular formula is C14H9F2NO5. The number of hydrogen-bond acceptors (Lipinski definition) is 5. The highest BCUT2D eigenvalue weighted by Crippen LogP contribution is 2.35. The molecule has 2 rings (SSSR count). The Hall–Kier alpha value is -3.03. The highest BCUT2D eigenvalue weighted by Gasteiger charge is 2.26. The van der Waals surface area contributed by atoms with E-state index in [2.05, 4.69) is 4.74 Å². The summed E-state index contributed by atoms with van der Waals surface area (Å²) in [6, 6.07) is 7.35. The maximum atomic E-state index is 13.6. The van der Waals surface area contributed by atoms with E-state index in [0.717, 1.165) is 13.2 Å². The van der Waals surface area contributed by atoms with E-state index in [1.54, 1.807) is 0 Å². The summed E-state index contributed by atoms with van der Waals surface area (Å²) in [7, 11) is 1.15. The lowest BCUT2D eigenvalue weighted by atomic mass is 10.2. The predicted molar refractivity (Wildman–Crippen MR) is 70.9 cm³/mol. The molecule has 0 aromatic heterocycles. The van der Waals surface area contributed by atoms with Crippen LogP contribution in [0.5, 0.6) is 11.5 Å². The average Bonchev–Trinajstić information content (AvgIpc) is 2.50. The maximum absolute atomic E-state index is 13.6. The van der Waals surface area contributed by atoms with Crippen molar-refractivity contribution in [1.82, 2.24) is 0 Å². The molecular weight excluding hydrogens is 300 g/mol. The highest BCUT2D eigenvalue weighted by molar-refractivity contribution is 5.92. The van der Waals surface area contributed by atoms with Crippen LogP contribution < -0.4 is 4.74 Å². The number of methoxy groups -OCH3 is 1. The molecule has 0 aliphatic carbocycles. The van der Waals surface area contributed by atoms with Crippen molar-refractivity contribution in [2.45, 2.75) is 0 Å². The number of ether oxygens (including phenoxy) is 2. The number of nitrogens with zero attached hydrogens (tertiary/aromatic N) is 1. The molecule has 114 valence electrons. The van der Waals surface area contributed by atoms with Gasteiger partial charge in [-0.05, 0) is 24.3 Å². The smallest absolute Gasteiger partial charge is 0.349 e. The first kappa shape index (κ1) is 15.4. The maximum Gasteiger partial charge on any atom is 0.349 e. The Labute approximate surface area is 123 Å². The second kappa shape index (κ2) is 6.17. The van der Waals surface area contributed by atoms with Crippen LogP contribution in [-0.4, -0.2) is 18.0 Å². The van der Waals surface area contributed by atoms with E-state index in [1.165, 1.54) is 24.3 Å². The Morgan fingerprint density at radius 3 is 2.45 bits per heavy atom. The number of esters is 1. The van der Waals surface area contributed by atoms with Crippen molar-refractivity contribution in [3.63, 3.8) is 0 Å². The van der Waals surface area contributed by atoms with Crippen LogP contribution >= 0.6 is 0 Å². The van der Waals surface area contributed by atoms with Crippen molar-refractivity contribution >= 4 is 11.7 Å². The number of nitro groups is 1. The molecule has 0 saturated heterocycles. The molecule has 0 radical (unpaired) electrons. The highest BCUT2D eigenvalue weighted by atomic mass is 19.2. The molecule has 0 heterocycles. The molecule has 0 fully saturated rings. The number of carbonyl (C=O) groups excluding carboxylic acids is 1. The summed E-state index contributed by atoms with van der Waals surface area (Å²) in [6.07, 6.45) is 0. The minimum absolute atomic E-state index is 0.0102. The second-order valence-electron chi connectivity index (χ2n) is 4.06. The largest absolute Gasteiger partial charge is 0.465 e. The van der Waals surface area contributed by atoms with Gasteiger partial charge < -0.3 is 9.47 Å². The zero-order chi connectivity index (χ0) is 16.3. The SMILES string of the molecule is COC(=O)c1ccccc1Oc1ccc(F)c(F)c1[N+](=O)[O-]. The zero-order valence-electron chi connectivity index (χ0n) is 11.2. The van der Waals surface area contributed by atoms with Crippen LogP contribution in [0.15, 0.2) is 36.4 Å². The number of benzene rings is 2. The lowest BCUT2D eigenvalue weighted by Gasteiger charge is -2.10. The summed E-state index contributed by atoms with van der Waals surface area (Å²) in [6.45, 7) is 0. The Bertz CT molecular complexity index is 748. The van der Waals surface area contributed by atoms with Crippen molar-refractivity contribution in [3.05, 3.63) is 63.7 Å². The van der Waals surface area contributed by atoms with E-state index < -0.39 is 34.0 Å². The fourth-order valence-electron chi connectivity index (χ4n) is 1.73. The Balaban J connectivity index is 2.51. The summed E-state index contributed by atoms with van der Waals surface area (Å²) in [4.78, 5) is 21.4. The minimum atomic E-state index is -1.64. The number of nitro benzene ring substituents is 1. The van der Waals surface area contributed by atoms with Crippen LogP contribution in [0.3, 0.4) is 0 Å². The van der Waals surface area contributed by atoms with Crippen LogP contribution in [0.25, 0.3) is 0 Å². The van der Waals surface area contributed by atoms with Crippen molar-refractivity contribution in [3.8, 4) is 11.5 Å². The fourth-order valence-corrected chi connectivity index (χ4v) is 1.73. The van der Waals surface area contributed by atoms with E-state index in [1.807, 2.05) is 0 Å². The van der Waals surface area contributed by atoms with E-state index in [0.29, 0.717) is 6.07 Å². The van der Waals surface area contributed by atoms with Gasteiger partial charge >= 0.3 is 11.7 Å². The van der Waals surface area contributed by atoms with Gasteiger partial charge in [0.1, 0.15) is 11.3 Å². The molecule has 22 heavy (non-hydrogen) atoms. The molecule has 0 saturated carbocycles. The van der Waals surface area contributed by atoms with Crippen LogP contribution in [0.1, 0.15) is 10.4 Å². The number of para-hydroxylation sites is 1. The lowest BCUT2D eigenvalue weighted by molar-refractivity contribution is -0.388. The molecule has 6 nitrogen and oxygen atoms in total. The second-order valence-corrected chi connectivity index (χ2v) is 4.06. The van der Waals surface area contributed by atoms with E-state index in [-0.39, 0.29) is 11.3 Å². The molecule has 2 aromatic carbocycles. The third-order valence-corrected chi connectivity index (χ3v) is 2.73. The van der Waals surface area contributed by atoms with Crippen LogP contribution in [0, 0.1) is 21.7 Å². The third-order valence-electron chi connectivity index (χ3n) is 2.73. The molecule has 0 aliphatic rings. The monoisotopic (exact) mass is 309 g/mol. The number of halogens is 2. The van der Waals surface area contributed by atoms with Gasteiger partial charge in [-0.15, -0.1) is 0 Å². The van der Waals surface area contributed by atoms with Gasteiger partial charge in [-0.25, -0.2) is 9.18 Å². The topological polar surface area (TPSA) is 78.7 Å². The van der Waals surface area contributed by atoms with E-state index in [4.69, 9.17) is 4.74 Å². The molecule has 0 unspecified atom stereocenters. The van der Waals surface area contributed by atoms with Gasteiger partial charge in [-0.2, -0.15) is 4.39 Å². The minimum Gasteiger partial charge on any atom is -0.465 e. The van der Waals surface area contributed by atoms with Gasteiger partial charge in [-0.1, -0.05) is 12.1 Å². The fraction of sp³-hybridized carbons (Fsp3) is 0.0714. The Kier molecular flexibility index (Phi) is 4.31. The molecule has 0 aliphatic heterocycles. The van der Waals surface area contributed by atoms with Gasteiger partial charge in [0.2, 0.25) is 11.6 Å². The first-order valence-corrected chi connectivity index (χ1v) is 5.93. The first-order chi connectivity index (χ1) is 10.5. The summed E-state index contributed by atoms with van der Waals surface area (Å²) >= 11 is 0. The zero-order valence-corrected chi connectivity index (χ0v) is 11.2. The first-order valence-electron chi connectivity index (χ1n) is 5.93. The van der Waals surface area contributed by atoms with Gasteiger partial charge in [0, 0.05) is 0 Å². The molecule has 0 amide bonds. The van der Waals surface area contributed by atoms with Gasteiger partial charge in [0.25, 0.3) is 0 Å². The molecule has 0 atom stereocenters. The van der Waals surface area contributed by atoms with Crippen molar-refractivity contribution in [2.75, 3.05) is 7.11 Å². The number of carbonyl (C=O) groups is 1. The molecule has 0 N–H and O–H groups in total. The normalized spacial score (nSPS) is 10.1. The molecule has 2 aromatic rings. The Morgan fingerprint density at radius 1 is 1.14 bits per heavy atom. The van der Waals surface area contributed by atoms with Crippen molar-refractivity contribution < 1.29 is 28.0 Å². The summed E-state index contributed by atoms with van der Waals surface area (Å²) < 4.78 is 36.4. The van der Waals surface area contributed by atoms with E-state index in [9.17, 15) is 23.7 Å². The molecule has 0 spiro atoms. The predicted octanol–water partition coefficient (Wildman–Crippen LogP) is 3.45. The molecule has 8 heteroatoms. The van der Waals surface area contributed by atoms with Gasteiger partial charge in [0.05, 0.1) is 12.0 Å². The molecule has 0 bridgehead atoms. The summed E-state index contributed by atoms with van der Waals surface area (Å²) in [5.74, 6) is -4.36. The number of rotatable bonds is 4. The van der Waals surface area contributed by atoms with Crippen LogP contribution in [0.4, 0.5) is 14.5 Å². The Morgan fingerprint density at radius 2 is 1.82 bits per heavy atom. The van der Waals surface area contributed by atoms with Crippen molar-refractivity contribution in [1.29, 1.82) is 0 Å². The van der Waals surface area contributed by atoms with Crippen LogP contribution in [0.2, 0.25) is 0 Å². The lowest BCUT2D eigenvalue weighted by Crippen LogP contribution is -2.05. The summed E-state index contributed by atoms with van der Waals surface area (Å²) in [5.41, 5.74) is -1.16. The van der Waals surface area contributed by atoms with Crippen molar-refractivity contribution in [2.24, 2.45) is 0 Å².